The van der Waals surface area contributed by atoms with Crippen molar-refractivity contribution in [3.63, 3.8) is 0 Å². The molecule has 0 unspecified atom stereocenters. The van der Waals surface area contributed by atoms with Gasteiger partial charge in [-0.2, -0.15) is 0 Å². The number of nitrogens with zero attached hydrogens (tertiary/aromatic N) is 2. The van der Waals surface area contributed by atoms with E-state index >= 15 is 0 Å². The monoisotopic (exact) mass is 338 g/mol. The minimum absolute atomic E-state index is 0.208. The van der Waals surface area contributed by atoms with E-state index < -0.39 is 5.91 Å². The van der Waals surface area contributed by atoms with Gasteiger partial charge < -0.3 is 10.6 Å². The number of aromatic nitrogens is 2. The number of halogens is 1. The lowest BCUT2D eigenvalue weighted by atomic mass is 10.2. The average molecular weight is 339 g/mol. The minimum atomic E-state index is -0.390. The molecule has 2 amide bonds. The predicted molar refractivity (Wildman–Crippen MR) is 87.7 cm³/mol. The molecular weight excluding hydrogens is 324 g/mol. The lowest BCUT2D eigenvalue weighted by Gasteiger charge is -2.10. The summed E-state index contributed by atoms with van der Waals surface area (Å²) in [6.07, 6.45) is 0. The molecule has 116 valence electrons. The summed E-state index contributed by atoms with van der Waals surface area (Å²) in [4.78, 5) is 23.4. The van der Waals surface area contributed by atoms with Gasteiger partial charge in [0.25, 0.3) is 5.91 Å². The van der Waals surface area contributed by atoms with E-state index in [1.165, 1.54) is 18.3 Å². The molecular formula is C14H15ClN4O2S. The number of hydrogen-bond donors (Lipinski definition) is 2. The fourth-order valence-corrected chi connectivity index (χ4v) is 2.57. The van der Waals surface area contributed by atoms with Crippen molar-refractivity contribution in [2.45, 2.75) is 26.7 Å². The molecule has 2 rings (SSSR count). The van der Waals surface area contributed by atoms with E-state index in [9.17, 15) is 9.59 Å². The topological polar surface area (TPSA) is 84.0 Å². The Morgan fingerprint density at radius 3 is 2.50 bits per heavy atom. The molecule has 8 heteroatoms. The van der Waals surface area contributed by atoms with Crippen LogP contribution in [0.25, 0.3) is 0 Å². The molecule has 0 saturated carbocycles. The van der Waals surface area contributed by atoms with Gasteiger partial charge in [-0.1, -0.05) is 36.8 Å². The van der Waals surface area contributed by atoms with E-state index in [4.69, 9.17) is 11.6 Å². The molecule has 22 heavy (non-hydrogen) atoms. The van der Waals surface area contributed by atoms with E-state index in [2.05, 4.69) is 20.8 Å². The fourth-order valence-electron chi connectivity index (χ4n) is 1.65. The first-order valence-electron chi connectivity index (χ1n) is 6.58. The first-order valence-corrected chi connectivity index (χ1v) is 7.78. The van der Waals surface area contributed by atoms with Gasteiger partial charge in [-0.25, -0.2) is 0 Å². The number of carbonyl (C=O) groups is 2. The van der Waals surface area contributed by atoms with Gasteiger partial charge in [0.1, 0.15) is 5.01 Å². The van der Waals surface area contributed by atoms with Gasteiger partial charge in [0, 0.05) is 17.9 Å². The van der Waals surface area contributed by atoms with E-state index in [1.807, 2.05) is 13.8 Å². The molecule has 0 aliphatic rings. The van der Waals surface area contributed by atoms with Crippen LogP contribution in [0, 0.1) is 0 Å². The number of rotatable bonds is 4. The van der Waals surface area contributed by atoms with Crippen molar-refractivity contribution in [1.82, 2.24) is 10.2 Å². The van der Waals surface area contributed by atoms with Crippen molar-refractivity contribution in [2.24, 2.45) is 0 Å². The van der Waals surface area contributed by atoms with Crippen molar-refractivity contribution >= 4 is 46.1 Å². The number of hydrogen-bond acceptors (Lipinski definition) is 5. The summed E-state index contributed by atoms with van der Waals surface area (Å²) in [6, 6.07) is 4.82. The maximum atomic E-state index is 12.2. The van der Waals surface area contributed by atoms with Crippen LogP contribution in [-0.4, -0.2) is 22.0 Å². The molecule has 6 nitrogen and oxygen atoms in total. The molecule has 0 radical (unpaired) electrons. The van der Waals surface area contributed by atoms with Gasteiger partial charge in [0.15, 0.2) is 0 Å². The molecule has 0 atom stereocenters. The van der Waals surface area contributed by atoms with Crippen LogP contribution in [0.4, 0.5) is 11.4 Å². The molecule has 2 N–H and O–H groups in total. The van der Waals surface area contributed by atoms with Crippen LogP contribution in [-0.2, 0) is 4.79 Å². The van der Waals surface area contributed by atoms with Crippen LogP contribution in [0.2, 0.25) is 5.02 Å². The second kappa shape index (κ2) is 6.85. The Labute approximate surface area is 136 Å². The maximum absolute atomic E-state index is 12.2. The highest BCUT2D eigenvalue weighted by molar-refractivity contribution is 7.13. The molecule has 1 heterocycles. The van der Waals surface area contributed by atoms with E-state index in [0.29, 0.717) is 16.4 Å². The summed E-state index contributed by atoms with van der Waals surface area (Å²) < 4.78 is 0. The molecule has 0 fully saturated rings. The molecule has 0 saturated heterocycles. The van der Waals surface area contributed by atoms with E-state index in [-0.39, 0.29) is 16.8 Å². The fraction of sp³-hybridized carbons (Fsp3) is 0.286. The van der Waals surface area contributed by atoms with Crippen LogP contribution in [0.15, 0.2) is 18.2 Å². The Hall–Kier alpha value is -1.99. The first-order chi connectivity index (χ1) is 10.4. The van der Waals surface area contributed by atoms with Crippen molar-refractivity contribution in [1.29, 1.82) is 0 Å². The van der Waals surface area contributed by atoms with Gasteiger partial charge >= 0.3 is 0 Å². The van der Waals surface area contributed by atoms with Crippen LogP contribution in [0.5, 0.6) is 0 Å². The third kappa shape index (κ3) is 4.02. The number of nitrogens with one attached hydrogen (secondary N) is 2. The largest absolute Gasteiger partial charge is 0.325 e. The van der Waals surface area contributed by atoms with Crippen LogP contribution >= 0.6 is 22.9 Å². The Morgan fingerprint density at radius 1 is 1.18 bits per heavy atom. The molecule has 0 bridgehead atoms. The van der Waals surface area contributed by atoms with Gasteiger partial charge in [-0.15, -0.1) is 10.2 Å². The normalized spacial score (nSPS) is 10.6. The highest BCUT2D eigenvalue weighted by Gasteiger charge is 2.16. The van der Waals surface area contributed by atoms with Gasteiger partial charge in [0.2, 0.25) is 10.9 Å². The van der Waals surface area contributed by atoms with Crippen LogP contribution in [0.1, 0.15) is 41.5 Å². The standard InChI is InChI=1S/C14H15ClN4O2S/c1-7(2)13-18-19-14(22-13)12(21)17-11-6-9(15)4-5-10(11)16-8(3)20/h4-7H,1-3H3,(H,16,20)(H,17,21). The quantitative estimate of drug-likeness (QED) is 0.893. The predicted octanol–water partition coefficient (Wildman–Crippen LogP) is 3.53. The molecule has 0 spiro atoms. The van der Waals surface area contributed by atoms with Gasteiger partial charge in [-0.3, -0.25) is 9.59 Å². The molecule has 1 aromatic heterocycles. The minimum Gasteiger partial charge on any atom is -0.325 e. The van der Waals surface area contributed by atoms with Gasteiger partial charge in [-0.05, 0) is 18.2 Å². The number of anilines is 2. The van der Waals surface area contributed by atoms with Crippen molar-refractivity contribution in [3.8, 4) is 0 Å². The smallest absolute Gasteiger partial charge is 0.286 e. The zero-order chi connectivity index (χ0) is 16.3. The molecule has 0 aliphatic carbocycles. The Kier molecular flexibility index (Phi) is 5.10. The summed E-state index contributed by atoms with van der Waals surface area (Å²) in [5.74, 6) is -0.422. The number of benzene rings is 1. The van der Waals surface area contributed by atoms with Gasteiger partial charge in [0.05, 0.1) is 11.4 Å². The summed E-state index contributed by atoms with van der Waals surface area (Å²) in [5, 5.41) is 14.7. The van der Waals surface area contributed by atoms with Crippen molar-refractivity contribution < 1.29 is 9.59 Å². The average Bonchev–Trinajstić information content (AvgIpc) is 2.91. The zero-order valence-corrected chi connectivity index (χ0v) is 13.9. The van der Waals surface area contributed by atoms with Crippen LogP contribution < -0.4 is 10.6 Å². The lowest BCUT2D eigenvalue weighted by Crippen LogP contribution is -2.15. The molecule has 2 aromatic rings. The maximum Gasteiger partial charge on any atom is 0.286 e. The highest BCUT2D eigenvalue weighted by atomic mass is 35.5. The summed E-state index contributed by atoms with van der Waals surface area (Å²) in [6.45, 7) is 5.35. The van der Waals surface area contributed by atoms with Crippen molar-refractivity contribution in [3.05, 3.63) is 33.2 Å². The van der Waals surface area contributed by atoms with E-state index in [1.54, 1.807) is 18.2 Å². The second-order valence-corrected chi connectivity index (χ2v) is 6.37. The van der Waals surface area contributed by atoms with Crippen LogP contribution in [0.3, 0.4) is 0 Å². The number of amides is 2. The Balaban J connectivity index is 2.23. The second-order valence-electron chi connectivity index (χ2n) is 4.93. The number of carbonyl (C=O) groups excluding carboxylic acids is 2. The summed E-state index contributed by atoms with van der Waals surface area (Å²) >= 11 is 7.18. The lowest BCUT2D eigenvalue weighted by molar-refractivity contribution is -0.114. The summed E-state index contributed by atoms with van der Waals surface area (Å²) in [5.41, 5.74) is 0.882. The SMILES string of the molecule is CC(=O)Nc1ccc(Cl)cc1NC(=O)c1nnc(C(C)C)s1. The first kappa shape index (κ1) is 16.4. The summed E-state index contributed by atoms with van der Waals surface area (Å²) in [7, 11) is 0. The zero-order valence-electron chi connectivity index (χ0n) is 12.3. The van der Waals surface area contributed by atoms with E-state index in [0.717, 1.165) is 5.01 Å². The highest BCUT2D eigenvalue weighted by Crippen LogP contribution is 2.27. The molecule has 1 aromatic carbocycles. The third-order valence-corrected chi connectivity index (χ3v) is 4.13. The molecule has 0 aliphatic heterocycles. The third-order valence-electron chi connectivity index (χ3n) is 2.67. The Bertz CT molecular complexity index is 715. The van der Waals surface area contributed by atoms with Crippen molar-refractivity contribution in [2.75, 3.05) is 10.6 Å². The Morgan fingerprint density at radius 2 is 1.91 bits per heavy atom.